The Morgan fingerprint density at radius 3 is 2.89 bits per heavy atom. The van der Waals surface area contributed by atoms with Gasteiger partial charge < -0.3 is 5.32 Å². The van der Waals surface area contributed by atoms with Crippen molar-refractivity contribution in [3.8, 4) is 11.3 Å². The molecule has 1 aliphatic rings. The van der Waals surface area contributed by atoms with Crippen LogP contribution in [0.3, 0.4) is 0 Å². The number of benzene rings is 1. The minimum Gasteiger partial charge on any atom is -0.310 e. The van der Waals surface area contributed by atoms with Crippen molar-refractivity contribution in [2.75, 3.05) is 0 Å². The molecule has 1 saturated carbocycles. The standard InChI is InChI=1S/C13H15FN4/c1-18-13(8-16-17-18)9-2-3-10(12(14)6-9)7-15-11-4-5-11/h2-3,6,8,11,15H,4-5,7H2,1H3. The van der Waals surface area contributed by atoms with Gasteiger partial charge in [-0.05, 0) is 18.9 Å². The van der Waals surface area contributed by atoms with E-state index in [-0.39, 0.29) is 5.82 Å². The molecule has 18 heavy (non-hydrogen) atoms. The number of nitrogens with zero attached hydrogens (tertiary/aromatic N) is 3. The highest BCUT2D eigenvalue weighted by Crippen LogP contribution is 2.22. The third-order valence-electron chi connectivity index (χ3n) is 3.22. The predicted octanol–water partition coefficient (Wildman–Crippen LogP) is 1.87. The SMILES string of the molecule is Cn1nncc1-c1ccc(CNC2CC2)c(F)c1. The van der Waals surface area contributed by atoms with Gasteiger partial charge >= 0.3 is 0 Å². The van der Waals surface area contributed by atoms with Crippen molar-refractivity contribution in [1.29, 1.82) is 0 Å². The fourth-order valence-electron chi connectivity index (χ4n) is 1.94. The van der Waals surface area contributed by atoms with Gasteiger partial charge in [0.05, 0.1) is 11.9 Å². The molecule has 0 saturated heterocycles. The topological polar surface area (TPSA) is 42.7 Å². The molecule has 1 heterocycles. The zero-order valence-corrected chi connectivity index (χ0v) is 10.2. The van der Waals surface area contributed by atoms with Gasteiger partial charge in [0.25, 0.3) is 0 Å². The maximum atomic E-state index is 14.0. The molecule has 0 bridgehead atoms. The lowest BCUT2D eigenvalue weighted by molar-refractivity contribution is 0.587. The maximum Gasteiger partial charge on any atom is 0.128 e. The molecule has 2 aromatic rings. The molecule has 0 atom stereocenters. The molecule has 0 radical (unpaired) electrons. The van der Waals surface area contributed by atoms with Crippen LogP contribution in [0.2, 0.25) is 0 Å². The van der Waals surface area contributed by atoms with E-state index in [1.807, 2.05) is 12.1 Å². The van der Waals surface area contributed by atoms with Crippen molar-refractivity contribution in [3.63, 3.8) is 0 Å². The molecule has 1 aromatic carbocycles. The minimum absolute atomic E-state index is 0.179. The quantitative estimate of drug-likeness (QED) is 0.895. The molecule has 1 fully saturated rings. The summed E-state index contributed by atoms with van der Waals surface area (Å²) in [6.45, 7) is 0.598. The van der Waals surface area contributed by atoms with Gasteiger partial charge in [-0.2, -0.15) is 0 Å². The first-order valence-corrected chi connectivity index (χ1v) is 6.11. The van der Waals surface area contributed by atoms with E-state index in [1.54, 1.807) is 24.0 Å². The Labute approximate surface area is 105 Å². The second-order valence-corrected chi connectivity index (χ2v) is 4.70. The van der Waals surface area contributed by atoms with Crippen molar-refractivity contribution in [3.05, 3.63) is 35.8 Å². The number of aromatic nitrogens is 3. The van der Waals surface area contributed by atoms with E-state index in [4.69, 9.17) is 0 Å². The second kappa shape index (κ2) is 4.49. The smallest absolute Gasteiger partial charge is 0.128 e. The van der Waals surface area contributed by atoms with Crippen molar-refractivity contribution < 1.29 is 4.39 Å². The monoisotopic (exact) mass is 246 g/mol. The van der Waals surface area contributed by atoms with E-state index in [1.165, 1.54) is 12.8 Å². The van der Waals surface area contributed by atoms with Gasteiger partial charge in [-0.25, -0.2) is 9.07 Å². The highest BCUT2D eigenvalue weighted by atomic mass is 19.1. The number of aryl methyl sites for hydroxylation is 1. The summed E-state index contributed by atoms with van der Waals surface area (Å²) in [7, 11) is 1.79. The van der Waals surface area contributed by atoms with Gasteiger partial charge in [-0.15, -0.1) is 5.10 Å². The molecule has 0 unspecified atom stereocenters. The number of rotatable bonds is 4. The lowest BCUT2D eigenvalue weighted by Crippen LogP contribution is -2.16. The summed E-state index contributed by atoms with van der Waals surface area (Å²) < 4.78 is 15.6. The summed E-state index contributed by atoms with van der Waals surface area (Å²) >= 11 is 0. The van der Waals surface area contributed by atoms with Crippen LogP contribution in [0, 0.1) is 5.82 Å². The van der Waals surface area contributed by atoms with E-state index in [2.05, 4.69) is 15.6 Å². The van der Waals surface area contributed by atoms with Crippen LogP contribution in [0.5, 0.6) is 0 Å². The highest BCUT2D eigenvalue weighted by Gasteiger charge is 2.20. The van der Waals surface area contributed by atoms with Gasteiger partial charge in [-0.3, -0.25) is 0 Å². The fraction of sp³-hybridized carbons (Fsp3) is 0.385. The third kappa shape index (κ3) is 2.26. The summed E-state index contributed by atoms with van der Waals surface area (Å²) in [4.78, 5) is 0. The van der Waals surface area contributed by atoms with E-state index < -0.39 is 0 Å². The Hall–Kier alpha value is -1.75. The average Bonchev–Trinajstić information content (AvgIpc) is 3.09. The molecule has 94 valence electrons. The molecule has 3 rings (SSSR count). The molecule has 0 aliphatic heterocycles. The van der Waals surface area contributed by atoms with Crippen LogP contribution in [0.4, 0.5) is 4.39 Å². The van der Waals surface area contributed by atoms with Crippen LogP contribution in [0.15, 0.2) is 24.4 Å². The first-order valence-electron chi connectivity index (χ1n) is 6.11. The summed E-state index contributed by atoms with van der Waals surface area (Å²) in [6.07, 6.45) is 4.05. The number of hydrogen-bond donors (Lipinski definition) is 1. The minimum atomic E-state index is -0.179. The van der Waals surface area contributed by atoms with Gasteiger partial charge in [0.1, 0.15) is 5.82 Å². The fourth-order valence-corrected chi connectivity index (χ4v) is 1.94. The van der Waals surface area contributed by atoms with Crippen LogP contribution in [-0.2, 0) is 13.6 Å². The number of hydrogen-bond acceptors (Lipinski definition) is 3. The van der Waals surface area contributed by atoms with Crippen LogP contribution in [-0.4, -0.2) is 21.0 Å². The molecular weight excluding hydrogens is 231 g/mol. The van der Waals surface area contributed by atoms with E-state index in [9.17, 15) is 4.39 Å². The predicted molar refractivity (Wildman–Crippen MR) is 66.3 cm³/mol. The van der Waals surface area contributed by atoms with Gasteiger partial charge in [0.2, 0.25) is 0 Å². The summed E-state index contributed by atoms with van der Waals surface area (Å²) in [5, 5.41) is 11.0. The van der Waals surface area contributed by atoms with Crippen LogP contribution < -0.4 is 5.32 Å². The normalized spacial score (nSPS) is 15.0. The van der Waals surface area contributed by atoms with Crippen LogP contribution >= 0.6 is 0 Å². The lowest BCUT2D eigenvalue weighted by atomic mass is 10.1. The van der Waals surface area contributed by atoms with Gasteiger partial charge in [0, 0.05) is 30.8 Å². The molecule has 5 heteroatoms. The number of halogens is 1. The Morgan fingerprint density at radius 2 is 2.28 bits per heavy atom. The Kier molecular flexibility index (Phi) is 2.83. The zero-order valence-electron chi connectivity index (χ0n) is 10.2. The average molecular weight is 246 g/mol. The molecule has 0 spiro atoms. The number of nitrogens with one attached hydrogen (secondary N) is 1. The Morgan fingerprint density at radius 1 is 1.44 bits per heavy atom. The molecule has 1 aliphatic carbocycles. The van der Waals surface area contributed by atoms with E-state index >= 15 is 0 Å². The van der Waals surface area contributed by atoms with Crippen molar-refractivity contribution in [2.45, 2.75) is 25.4 Å². The highest BCUT2D eigenvalue weighted by molar-refractivity contribution is 5.58. The Bertz CT molecular complexity index is 560. The van der Waals surface area contributed by atoms with Crippen LogP contribution in [0.1, 0.15) is 18.4 Å². The first kappa shape index (κ1) is 11.3. The molecular formula is C13H15FN4. The molecule has 0 amide bonds. The van der Waals surface area contributed by atoms with Crippen molar-refractivity contribution in [2.24, 2.45) is 7.05 Å². The van der Waals surface area contributed by atoms with Gasteiger partial charge in [-0.1, -0.05) is 17.3 Å². The summed E-state index contributed by atoms with van der Waals surface area (Å²) in [5.41, 5.74) is 2.33. The maximum absolute atomic E-state index is 14.0. The lowest BCUT2D eigenvalue weighted by Gasteiger charge is -2.07. The third-order valence-corrected chi connectivity index (χ3v) is 3.22. The molecule has 1 aromatic heterocycles. The van der Waals surface area contributed by atoms with E-state index in [0.717, 1.165) is 11.3 Å². The van der Waals surface area contributed by atoms with E-state index in [0.29, 0.717) is 18.2 Å². The zero-order chi connectivity index (χ0) is 12.5. The van der Waals surface area contributed by atoms with Gasteiger partial charge in [0.15, 0.2) is 0 Å². The largest absolute Gasteiger partial charge is 0.310 e. The van der Waals surface area contributed by atoms with Crippen molar-refractivity contribution >= 4 is 0 Å². The first-order chi connectivity index (χ1) is 8.74. The second-order valence-electron chi connectivity index (χ2n) is 4.70. The summed E-state index contributed by atoms with van der Waals surface area (Å²) in [5.74, 6) is -0.179. The van der Waals surface area contributed by atoms with Crippen LogP contribution in [0.25, 0.3) is 11.3 Å². The Balaban J connectivity index is 1.81. The summed E-state index contributed by atoms with van der Waals surface area (Å²) in [6, 6.07) is 5.87. The molecule has 1 N–H and O–H groups in total. The van der Waals surface area contributed by atoms with Crippen molar-refractivity contribution in [1.82, 2.24) is 20.3 Å². The molecule has 4 nitrogen and oxygen atoms in total.